The Morgan fingerprint density at radius 2 is 1.96 bits per heavy atom. The molecule has 28 heavy (non-hydrogen) atoms. The number of aliphatic hydroxyl groups is 2. The molecule has 0 bridgehead atoms. The molecule has 4 unspecified atom stereocenters. The molecule has 3 N–H and O–H groups in total. The molecular formula is C21H27F2N3O2. The Morgan fingerprint density at radius 3 is 2.64 bits per heavy atom. The van der Waals surface area contributed by atoms with Crippen LogP contribution < -0.4 is 5.32 Å². The molecule has 1 fully saturated rings. The molecule has 0 spiro atoms. The van der Waals surface area contributed by atoms with Crippen LogP contribution in [0.15, 0.2) is 30.5 Å². The molecule has 3 rings (SSSR count). The quantitative estimate of drug-likeness (QED) is 0.676. The van der Waals surface area contributed by atoms with Gasteiger partial charge in [-0.05, 0) is 42.5 Å². The van der Waals surface area contributed by atoms with Crippen LogP contribution in [0.2, 0.25) is 0 Å². The van der Waals surface area contributed by atoms with Crippen LogP contribution in [0.25, 0.3) is 0 Å². The molecule has 0 radical (unpaired) electrons. The summed E-state index contributed by atoms with van der Waals surface area (Å²) < 4.78 is 26.5. The predicted octanol–water partition coefficient (Wildman–Crippen LogP) is 2.57. The number of nitrogens with one attached hydrogen (secondary N) is 1. The van der Waals surface area contributed by atoms with Crippen LogP contribution in [0, 0.1) is 23.5 Å². The Kier molecular flexibility index (Phi) is 6.69. The summed E-state index contributed by atoms with van der Waals surface area (Å²) in [7, 11) is 0. The van der Waals surface area contributed by atoms with Crippen LogP contribution >= 0.6 is 0 Å². The molecule has 1 aliphatic rings. The molecule has 4 atom stereocenters. The van der Waals surface area contributed by atoms with Crippen molar-refractivity contribution in [1.29, 1.82) is 0 Å². The van der Waals surface area contributed by atoms with E-state index in [1.807, 2.05) is 19.9 Å². The first kappa shape index (κ1) is 20.8. The van der Waals surface area contributed by atoms with Crippen molar-refractivity contribution in [2.75, 3.05) is 6.61 Å². The van der Waals surface area contributed by atoms with Gasteiger partial charge in [-0.15, -0.1) is 0 Å². The number of aliphatic hydroxyl groups excluding tert-OH is 2. The Labute approximate surface area is 163 Å². The minimum atomic E-state index is -0.877. The van der Waals surface area contributed by atoms with Gasteiger partial charge < -0.3 is 15.5 Å². The third kappa shape index (κ3) is 4.71. The molecular weight excluding hydrogens is 364 g/mol. The normalized spacial score (nSPS) is 24.8. The fraction of sp³-hybridized carbons (Fsp3) is 0.524. The summed E-state index contributed by atoms with van der Waals surface area (Å²) in [5.74, 6) is -1.06. The lowest BCUT2D eigenvalue weighted by atomic mass is 9.88. The number of rotatable bonds is 7. The summed E-state index contributed by atoms with van der Waals surface area (Å²) in [6.45, 7) is 4.30. The standard InChI is InChI=1S/C21H27F2N3O2/c1-12(2)21-24-6-5-14(26-21)8-15-16(11-27)20(28)9-19(15)25-10-13-3-4-17(22)18(23)7-13/h3-7,12,15-16,19-20,25,27-28H,8-11H2,1-2H3. The monoisotopic (exact) mass is 391 g/mol. The highest BCUT2D eigenvalue weighted by Gasteiger charge is 2.42. The van der Waals surface area contributed by atoms with Crippen molar-refractivity contribution in [2.45, 2.75) is 51.3 Å². The van der Waals surface area contributed by atoms with E-state index in [0.717, 1.165) is 17.6 Å². The van der Waals surface area contributed by atoms with Gasteiger partial charge in [-0.25, -0.2) is 18.7 Å². The zero-order chi connectivity index (χ0) is 20.3. The molecule has 5 nitrogen and oxygen atoms in total. The second kappa shape index (κ2) is 9.03. The van der Waals surface area contributed by atoms with Crippen molar-refractivity contribution in [1.82, 2.24) is 15.3 Å². The van der Waals surface area contributed by atoms with Gasteiger partial charge in [-0.3, -0.25) is 0 Å². The molecule has 0 aliphatic heterocycles. The molecule has 7 heteroatoms. The van der Waals surface area contributed by atoms with E-state index < -0.39 is 17.7 Å². The Morgan fingerprint density at radius 1 is 1.18 bits per heavy atom. The molecule has 152 valence electrons. The molecule has 2 aromatic rings. The third-order valence-corrected chi connectivity index (χ3v) is 5.51. The van der Waals surface area contributed by atoms with E-state index in [-0.39, 0.29) is 30.4 Å². The average molecular weight is 391 g/mol. The van der Waals surface area contributed by atoms with E-state index in [0.29, 0.717) is 24.9 Å². The number of nitrogens with zero attached hydrogens (tertiary/aromatic N) is 2. The second-order valence-corrected chi connectivity index (χ2v) is 7.81. The lowest BCUT2D eigenvalue weighted by molar-refractivity contribution is 0.0716. The van der Waals surface area contributed by atoms with E-state index in [2.05, 4.69) is 15.3 Å². The fourth-order valence-electron chi connectivity index (χ4n) is 3.92. The lowest BCUT2D eigenvalue weighted by Crippen LogP contribution is -2.36. The zero-order valence-electron chi connectivity index (χ0n) is 16.1. The number of hydrogen-bond donors (Lipinski definition) is 3. The number of halogens is 2. The Hall–Kier alpha value is -1.96. The van der Waals surface area contributed by atoms with Crippen molar-refractivity contribution in [3.63, 3.8) is 0 Å². The topological polar surface area (TPSA) is 78.3 Å². The van der Waals surface area contributed by atoms with E-state index in [1.165, 1.54) is 12.1 Å². The Bertz CT molecular complexity index is 803. The van der Waals surface area contributed by atoms with Gasteiger partial charge >= 0.3 is 0 Å². The number of hydrogen-bond acceptors (Lipinski definition) is 5. The molecule has 1 heterocycles. The summed E-state index contributed by atoms with van der Waals surface area (Å²) in [5, 5.41) is 23.5. The first-order valence-corrected chi connectivity index (χ1v) is 9.67. The predicted molar refractivity (Wildman–Crippen MR) is 102 cm³/mol. The Balaban J connectivity index is 1.73. The molecule has 1 saturated carbocycles. The summed E-state index contributed by atoms with van der Waals surface area (Å²) in [4.78, 5) is 8.90. The van der Waals surface area contributed by atoms with Gasteiger partial charge in [0.1, 0.15) is 5.82 Å². The van der Waals surface area contributed by atoms with Gasteiger partial charge in [-0.2, -0.15) is 0 Å². The van der Waals surface area contributed by atoms with Crippen LogP contribution in [0.1, 0.15) is 43.3 Å². The first-order valence-electron chi connectivity index (χ1n) is 9.67. The average Bonchev–Trinajstić information content (AvgIpc) is 2.97. The van der Waals surface area contributed by atoms with Gasteiger partial charge in [-0.1, -0.05) is 19.9 Å². The molecule has 1 aliphatic carbocycles. The third-order valence-electron chi connectivity index (χ3n) is 5.51. The van der Waals surface area contributed by atoms with Crippen molar-refractivity contribution < 1.29 is 19.0 Å². The maximum absolute atomic E-state index is 13.4. The van der Waals surface area contributed by atoms with Gasteiger partial charge in [0.2, 0.25) is 0 Å². The van der Waals surface area contributed by atoms with Crippen LogP contribution in [-0.4, -0.2) is 38.9 Å². The molecule has 0 amide bonds. The van der Waals surface area contributed by atoms with E-state index in [9.17, 15) is 19.0 Å². The smallest absolute Gasteiger partial charge is 0.159 e. The highest BCUT2D eigenvalue weighted by atomic mass is 19.2. The largest absolute Gasteiger partial charge is 0.396 e. The van der Waals surface area contributed by atoms with Crippen molar-refractivity contribution >= 4 is 0 Å². The highest BCUT2D eigenvalue weighted by Crippen LogP contribution is 2.35. The van der Waals surface area contributed by atoms with Gasteiger partial charge in [0, 0.05) is 42.9 Å². The van der Waals surface area contributed by atoms with Crippen LogP contribution in [-0.2, 0) is 13.0 Å². The number of benzene rings is 1. The molecule has 1 aromatic carbocycles. The fourth-order valence-corrected chi connectivity index (χ4v) is 3.92. The van der Waals surface area contributed by atoms with Crippen LogP contribution in [0.3, 0.4) is 0 Å². The van der Waals surface area contributed by atoms with Crippen LogP contribution in [0.4, 0.5) is 8.78 Å². The van der Waals surface area contributed by atoms with Gasteiger partial charge in [0.05, 0.1) is 6.10 Å². The zero-order valence-corrected chi connectivity index (χ0v) is 16.1. The van der Waals surface area contributed by atoms with Crippen molar-refractivity contribution in [3.8, 4) is 0 Å². The number of aromatic nitrogens is 2. The summed E-state index contributed by atoms with van der Waals surface area (Å²) in [6.07, 6.45) is 2.20. The minimum Gasteiger partial charge on any atom is -0.396 e. The van der Waals surface area contributed by atoms with Crippen molar-refractivity contribution in [3.05, 3.63) is 59.2 Å². The summed E-state index contributed by atoms with van der Waals surface area (Å²) >= 11 is 0. The summed E-state index contributed by atoms with van der Waals surface area (Å²) in [6, 6.07) is 5.60. The first-order chi connectivity index (χ1) is 13.4. The molecule has 1 aromatic heterocycles. The maximum atomic E-state index is 13.4. The van der Waals surface area contributed by atoms with Gasteiger partial charge in [0.15, 0.2) is 11.6 Å². The SMILES string of the molecule is CC(C)c1nccc(CC2C(NCc3ccc(F)c(F)c3)CC(O)C2CO)n1. The highest BCUT2D eigenvalue weighted by molar-refractivity contribution is 5.18. The molecule has 0 saturated heterocycles. The summed E-state index contributed by atoms with van der Waals surface area (Å²) in [5.41, 5.74) is 1.50. The van der Waals surface area contributed by atoms with E-state index in [1.54, 1.807) is 6.20 Å². The van der Waals surface area contributed by atoms with E-state index >= 15 is 0 Å². The van der Waals surface area contributed by atoms with E-state index in [4.69, 9.17) is 0 Å². The minimum absolute atomic E-state index is 0.0276. The maximum Gasteiger partial charge on any atom is 0.159 e. The second-order valence-electron chi connectivity index (χ2n) is 7.81. The van der Waals surface area contributed by atoms with Crippen LogP contribution in [0.5, 0.6) is 0 Å². The van der Waals surface area contributed by atoms with Crippen molar-refractivity contribution in [2.24, 2.45) is 11.8 Å². The lowest BCUT2D eigenvalue weighted by Gasteiger charge is -2.25. The van der Waals surface area contributed by atoms with Gasteiger partial charge in [0.25, 0.3) is 0 Å².